The van der Waals surface area contributed by atoms with Crippen LogP contribution in [0.1, 0.15) is 45.1 Å². The van der Waals surface area contributed by atoms with Gasteiger partial charge in [0.15, 0.2) is 5.43 Å². The number of hydrogen-bond donors (Lipinski definition) is 0. The number of methoxy groups -OCH3 is 1. The number of aryl methyl sites for hydroxylation is 1. The molecule has 2 aliphatic rings. The lowest BCUT2D eigenvalue weighted by Crippen LogP contribution is -2.50. The smallest absolute Gasteiger partial charge is 0.308 e. The highest BCUT2D eigenvalue weighted by Gasteiger charge is 2.29. The van der Waals surface area contributed by atoms with Crippen LogP contribution in [-0.2, 0) is 23.1 Å². The lowest BCUT2D eigenvalue weighted by molar-refractivity contribution is -0.146. The molecular weight excluding hydrogens is 490 g/mol. The van der Waals surface area contributed by atoms with Crippen molar-refractivity contribution in [2.75, 3.05) is 43.1 Å². The third-order valence-electron chi connectivity index (χ3n) is 8.53. The first-order chi connectivity index (χ1) is 18.9. The number of pyridine rings is 2. The van der Waals surface area contributed by atoms with E-state index in [1.165, 1.54) is 7.11 Å². The molecule has 1 atom stereocenters. The van der Waals surface area contributed by atoms with Gasteiger partial charge in [0.1, 0.15) is 0 Å². The van der Waals surface area contributed by atoms with Crippen molar-refractivity contribution in [3.05, 3.63) is 64.7 Å². The number of anilines is 2. The van der Waals surface area contributed by atoms with Crippen molar-refractivity contribution in [1.82, 2.24) is 14.5 Å². The monoisotopic (exact) mass is 531 g/mol. The number of fused-ring (bicyclic) bond motifs is 1. The molecule has 2 fully saturated rings. The maximum Gasteiger partial charge on any atom is 0.308 e. The first-order valence-corrected chi connectivity index (χ1v) is 14.2. The minimum absolute atomic E-state index is 0.0249. The molecule has 2 aliphatic heterocycles. The van der Waals surface area contributed by atoms with Gasteiger partial charge in [0.2, 0.25) is 0 Å². The molecule has 8 heteroatoms. The van der Waals surface area contributed by atoms with Gasteiger partial charge in [0.05, 0.1) is 30.4 Å². The second-order valence-corrected chi connectivity index (χ2v) is 11.3. The van der Waals surface area contributed by atoms with Gasteiger partial charge in [0.25, 0.3) is 0 Å². The predicted octanol–water partition coefficient (Wildman–Crippen LogP) is 4.20. The summed E-state index contributed by atoms with van der Waals surface area (Å²) in [7, 11) is 3.49. The summed E-state index contributed by atoms with van der Waals surface area (Å²) in [5, 5.41) is 0.757. The first kappa shape index (κ1) is 27.2. The fourth-order valence-corrected chi connectivity index (χ4v) is 6.32. The second kappa shape index (κ2) is 11.8. The summed E-state index contributed by atoms with van der Waals surface area (Å²) >= 11 is 0. The molecule has 1 aromatic carbocycles. The Morgan fingerprint density at radius 3 is 2.59 bits per heavy atom. The van der Waals surface area contributed by atoms with Gasteiger partial charge >= 0.3 is 5.97 Å². The molecule has 0 bridgehead atoms. The average Bonchev–Trinajstić information content (AvgIpc) is 2.98. The van der Waals surface area contributed by atoms with Gasteiger partial charge in [-0.05, 0) is 69.9 Å². The van der Waals surface area contributed by atoms with E-state index in [0.29, 0.717) is 18.6 Å². The number of hydrogen-bond acceptors (Lipinski definition) is 7. The zero-order valence-electron chi connectivity index (χ0n) is 23.7. The standard InChI is InChI=1S/C31H41N5O3/c1-22(2)36(27-8-6-14-35(21-27)26-7-5-13-32-18-26)20-24-19-33(3)29-17-25(9-10-28(29)30(24)37)34-15-11-23(12-16-34)31(38)39-4/h5,7,9-10,13,17-19,22-23,27H,6,8,11-12,14-16,20-21H2,1-4H3/t27-/m0/s1. The lowest BCUT2D eigenvalue weighted by Gasteiger charge is -2.42. The summed E-state index contributed by atoms with van der Waals surface area (Å²) in [6.45, 7) is 8.67. The molecule has 0 spiro atoms. The molecule has 8 nitrogen and oxygen atoms in total. The van der Waals surface area contributed by atoms with Gasteiger partial charge < -0.3 is 19.1 Å². The zero-order chi connectivity index (χ0) is 27.5. The summed E-state index contributed by atoms with van der Waals surface area (Å²) in [4.78, 5) is 37.2. The molecule has 0 N–H and O–H groups in total. The van der Waals surface area contributed by atoms with Crippen molar-refractivity contribution in [1.29, 1.82) is 0 Å². The Labute approximate surface area is 231 Å². The van der Waals surface area contributed by atoms with Gasteiger partial charge in [0, 0.05) is 80.9 Å². The van der Waals surface area contributed by atoms with Gasteiger partial charge in [-0.15, -0.1) is 0 Å². The van der Waals surface area contributed by atoms with Crippen LogP contribution in [0.15, 0.2) is 53.7 Å². The maximum atomic E-state index is 13.7. The Morgan fingerprint density at radius 2 is 1.90 bits per heavy atom. The lowest BCUT2D eigenvalue weighted by atomic mass is 9.96. The number of esters is 1. The molecule has 208 valence electrons. The number of aromatic nitrogens is 2. The van der Waals surface area contributed by atoms with Crippen LogP contribution in [0.2, 0.25) is 0 Å². The molecule has 0 amide bonds. The minimum Gasteiger partial charge on any atom is -0.469 e. The highest BCUT2D eigenvalue weighted by molar-refractivity contribution is 5.83. The van der Waals surface area contributed by atoms with Crippen LogP contribution in [0.3, 0.4) is 0 Å². The summed E-state index contributed by atoms with van der Waals surface area (Å²) in [5.41, 5.74) is 4.15. The zero-order valence-corrected chi connectivity index (χ0v) is 23.7. The molecule has 0 aliphatic carbocycles. The molecular formula is C31H41N5O3. The van der Waals surface area contributed by atoms with E-state index in [0.717, 1.165) is 79.7 Å². The minimum atomic E-state index is -0.114. The van der Waals surface area contributed by atoms with E-state index < -0.39 is 0 Å². The van der Waals surface area contributed by atoms with Crippen LogP contribution in [0.25, 0.3) is 10.9 Å². The van der Waals surface area contributed by atoms with Crippen LogP contribution < -0.4 is 15.2 Å². The van der Waals surface area contributed by atoms with E-state index in [4.69, 9.17) is 4.74 Å². The Hall–Kier alpha value is -3.39. The van der Waals surface area contributed by atoms with Crippen LogP contribution in [0, 0.1) is 5.92 Å². The van der Waals surface area contributed by atoms with E-state index in [9.17, 15) is 9.59 Å². The number of carbonyl (C=O) groups excluding carboxylic acids is 1. The molecule has 0 radical (unpaired) electrons. The van der Waals surface area contributed by atoms with Gasteiger partial charge in [-0.1, -0.05) is 0 Å². The Morgan fingerprint density at radius 1 is 1.10 bits per heavy atom. The molecule has 39 heavy (non-hydrogen) atoms. The number of rotatable bonds is 7. The van der Waals surface area contributed by atoms with E-state index >= 15 is 0 Å². The second-order valence-electron chi connectivity index (χ2n) is 11.3. The summed E-state index contributed by atoms with van der Waals surface area (Å²) in [6, 6.07) is 11.0. The highest BCUT2D eigenvalue weighted by atomic mass is 16.5. The van der Waals surface area contributed by atoms with Crippen molar-refractivity contribution in [2.45, 2.75) is 58.2 Å². The number of ether oxygens (including phenoxy) is 1. The maximum absolute atomic E-state index is 13.7. The van der Waals surface area contributed by atoms with E-state index in [2.05, 4.69) is 56.3 Å². The summed E-state index contributed by atoms with van der Waals surface area (Å²) < 4.78 is 7.03. The number of carbonyl (C=O) groups is 1. The molecule has 2 saturated heterocycles. The first-order valence-electron chi connectivity index (χ1n) is 14.2. The molecule has 0 saturated carbocycles. The highest BCUT2D eigenvalue weighted by Crippen LogP contribution is 2.28. The Kier molecular flexibility index (Phi) is 8.21. The Balaban J connectivity index is 1.35. The molecule has 5 rings (SSSR count). The normalized spacial score (nSPS) is 18.8. The number of benzene rings is 1. The SMILES string of the molecule is COC(=O)C1CCN(c2ccc3c(=O)c(CN(C(C)C)[C@H]4CCCN(c5cccnc5)C4)cn(C)c3c2)CC1. The van der Waals surface area contributed by atoms with Crippen LogP contribution in [-0.4, -0.2) is 65.8 Å². The van der Waals surface area contributed by atoms with E-state index in [1.54, 1.807) is 0 Å². The number of nitrogens with zero attached hydrogens (tertiary/aromatic N) is 5. The largest absolute Gasteiger partial charge is 0.469 e. The predicted molar refractivity (Wildman–Crippen MR) is 156 cm³/mol. The van der Waals surface area contributed by atoms with Crippen molar-refractivity contribution in [2.24, 2.45) is 13.0 Å². The van der Waals surface area contributed by atoms with Gasteiger partial charge in [-0.25, -0.2) is 0 Å². The third-order valence-corrected chi connectivity index (χ3v) is 8.53. The third kappa shape index (κ3) is 5.81. The van der Waals surface area contributed by atoms with Gasteiger partial charge in [-0.2, -0.15) is 0 Å². The summed E-state index contributed by atoms with van der Waals surface area (Å²) in [5.74, 6) is -0.139. The van der Waals surface area contributed by atoms with Crippen molar-refractivity contribution in [3.8, 4) is 0 Å². The van der Waals surface area contributed by atoms with Crippen molar-refractivity contribution >= 4 is 28.2 Å². The Bertz CT molecular complexity index is 1350. The molecule has 0 unspecified atom stereocenters. The van der Waals surface area contributed by atoms with Crippen molar-refractivity contribution in [3.63, 3.8) is 0 Å². The van der Waals surface area contributed by atoms with Crippen LogP contribution in [0.5, 0.6) is 0 Å². The van der Waals surface area contributed by atoms with E-state index in [1.807, 2.05) is 37.8 Å². The fourth-order valence-electron chi connectivity index (χ4n) is 6.32. The quantitative estimate of drug-likeness (QED) is 0.423. The average molecular weight is 532 g/mol. The fraction of sp³-hybridized carbons (Fsp3) is 0.516. The topological polar surface area (TPSA) is 70.9 Å². The van der Waals surface area contributed by atoms with E-state index in [-0.39, 0.29) is 17.3 Å². The molecule has 4 heterocycles. The summed E-state index contributed by atoms with van der Waals surface area (Å²) in [6.07, 6.45) is 9.60. The van der Waals surface area contributed by atoms with Gasteiger partial charge in [-0.3, -0.25) is 19.5 Å². The molecule has 2 aromatic heterocycles. The number of piperidine rings is 2. The van der Waals surface area contributed by atoms with Crippen LogP contribution >= 0.6 is 0 Å². The molecule has 3 aromatic rings. The van der Waals surface area contributed by atoms with Crippen LogP contribution in [0.4, 0.5) is 11.4 Å². The van der Waals surface area contributed by atoms with Crippen molar-refractivity contribution < 1.29 is 9.53 Å².